The zero-order chi connectivity index (χ0) is 11.4. The maximum absolute atomic E-state index is 6.02. The number of hydrogen-bond donors (Lipinski definition) is 0. The van der Waals surface area contributed by atoms with Gasteiger partial charge in [0, 0.05) is 10.6 Å². The van der Waals surface area contributed by atoms with Crippen molar-refractivity contribution in [3.63, 3.8) is 0 Å². The molecule has 0 bridgehead atoms. The van der Waals surface area contributed by atoms with Crippen molar-refractivity contribution in [3.8, 4) is 23.0 Å². The SMILES string of the molecule is CC#Cc1ccc(Cl)cc1-c1ccccc1. The van der Waals surface area contributed by atoms with Gasteiger partial charge in [-0.05, 0) is 36.2 Å². The predicted molar refractivity (Wildman–Crippen MR) is 69.4 cm³/mol. The van der Waals surface area contributed by atoms with Crippen LogP contribution in [0.1, 0.15) is 12.5 Å². The van der Waals surface area contributed by atoms with E-state index in [1.54, 1.807) is 0 Å². The summed E-state index contributed by atoms with van der Waals surface area (Å²) in [5.74, 6) is 6.01. The Hall–Kier alpha value is -1.71. The molecule has 0 saturated carbocycles. The largest absolute Gasteiger partial charge is 0.101 e. The molecule has 0 aromatic heterocycles. The lowest BCUT2D eigenvalue weighted by Gasteiger charge is -2.05. The topological polar surface area (TPSA) is 0 Å². The fourth-order valence-corrected chi connectivity index (χ4v) is 1.79. The van der Waals surface area contributed by atoms with Gasteiger partial charge in [-0.15, -0.1) is 5.92 Å². The van der Waals surface area contributed by atoms with Crippen LogP contribution in [0.5, 0.6) is 0 Å². The van der Waals surface area contributed by atoms with Crippen molar-refractivity contribution in [2.24, 2.45) is 0 Å². The summed E-state index contributed by atoms with van der Waals surface area (Å²) in [5.41, 5.74) is 3.24. The molecule has 0 spiro atoms. The van der Waals surface area contributed by atoms with Crippen LogP contribution >= 0.6 is 11.6 Å². The molecular weight excluding hydrogens is 216 g/mol. The van der Waals surface area contributed by atoms with E-state index in [0.717, 1.165) is 21.7 Å². The first kappa shape index (κ1) is 10.8. The highest BCUT2D eigenvalue weighted by molar-refractivity contribution is 6.30. The maximum Gasteiger partial charge on any atom is 0.0413 e. The minimum atomic E-state index is 0.737. The summed E-state index contributed by atoms with van der Waals surface area (Å²) >= 11 is 6.02. The first-order valence-corrected chi connectivity index (χ1v) is 5.47. The Morgan fingerprint density at radius 3 is 2.44 bits per heavy atom. The number of hydrogen-bond acceptors (Lipinski definition) is 0. The van der Waals surface area contributed by atoms with Gasteiger partial charge in [0.25, 0.3) is 0 Å². The molecule has 78 valence electrons. The number of benzene rings is 2. The molecule has 0 fully saturated rings. The summed E-state index contributed by atoms with van der Waals surface area (Å²) in [6.07, 6.45) is 0. The monoisotopic (exact) mass is 226 g/mol. The zero-order valence-corrected chi connectivity index (χ0v) is 9.75. The van der Waals surface area contributed by atoms with E-state index in [1.807, 2.05) is 43.3 Å². The molecule has 2 aromatic carbocycles. The normalized spacial score (nSPS) is 9.38. The molecule has 0 heterocycles. The van der Waals surface area contributed by atoms with Gasteiger partial charge in [0.2, 0.25) is 0 Å². The summed E-state index contributed by atoms with van der Waals surface area (Å²) in [6.45, 7) is 1.84. The zero-order valence-electron chi connectivity index (χ0n) is 9.00. The first-order valence-electron chi connectivity index (χ1n) is 5.09. The molecule has 0 aliphatic rings. The lowest BCUT2D eigenvalue weighted by atomic mass is 10.00. The third-order valence-corrected chi connectivity index (χ3v) is 2.56. The highest BCUT2D eigenvalue weighted by Gasteiger charge is 2.03. The molecule has 2 aromatic rings. The van der Waals surface area contributed by atoms with Crippen molar-refractivity contribution in [2.75, 3.05) is 0 Å². The Morgan fingerprint density at radius 2 is 1.75 bits per heavy atom. The van der Waals surface area contributed by atoms with Crippen LogP contribution in [0.25, 0.3) is 11.1 Å². The van der Waals surface area contributed by atoms with Crippen molar-refractivity contribution in [1.29, 1.82) is 0 Å². The molecular formula is C15H11Cl. The van der Waals surface area contributed by atoms with Gasteiger partial charge in [0.15, 0.2) is 0 Å². The van der Waals surface area contributed by atoms with Gasteiger partial charge in [-0.2, -0.15) is 0 Å². The quantitative estimate of drug-likeness (QED) is 0.633. The Kier molecular flexibility index (Phi) is 3.29. The summed E-state index contributed by atoms with van der Waals surface area (Å²) < 4.78 is 0. The Bertz CT molecular complexity index is 545. The molecule has 0 saturated heterocycles. The highest BCUT2D eigenvalue weighted by Crippen LogP contribution is 2.26. The van der Waals surface area contributed by atoms with Crippen LogP contribution in [-0.4, -0.2) is 0 Å². The fraction of sp³-hybridized carbons (Fsp3) is 0.0667. The number of halogens is 1. The van der Waals surface area contributed by atoms with Gasteiger partial charge in [0.1, 0.15) is 0 Å². The summed E-state index contributed by atoms with van der Waals surface area (Å²) in [5, 5.41) is 0.737. The lowest BCUT2D eigenvalue weighted by molar-refractivity contribution is 1.58. The molecule has 0 unspecified atom stereocenters. The van der Waals surface area contributed by atoms with Crippen LogP contribution in [0.2, 0.25) is 5.02 Å². The lowest BCUT2D eigenvalue weighted by Crippen LogP contribution is -1.84. The van der Waals surface area contributed by atoms with E-state index in [0.29, 0.717) is 0 Å². The van der Waals surface area contributed by atoms with E-state index in [9.17, 15) is 0 Å². The molecule has 0 nitrogen and oxygen atoms in total. The molecule has 0 atom stereocenters. The minimum absolute atomic E-state index is 0.737. The van der Waals surface area contributed by atoms with Crippen LogP contribution in [-0.2, 0) is 0 Å². The second-order valence-electron chi connectivity index (χ2n) is 3.43. The summed E-state index contributed by atoms with van der Waals surface area (Å²) in [6, 6.07) is 15.9. The van der Waals surface area contributed by atoms with E-state index in [1.165, 1.54) is 0 Å². The van der Waals surface area contributed by atoms with E-state index in [-0.39, 0.29) is 0 Å². The summed E-state index contributed by atoms with van der Waals surface area (Å²) in [4.78, 5) is 0. The van der Waals surface area contributed by atoms with Gasteiger partial charge in [-0.25, -0.2) is 0 Å². The van der Waals surface area contributed by atoms with Crippen LogP contribution in [0.3, 0.4) is 0 Å². The van der Waals surface area contributed by atoms with Crippen molar-refractivity contribution < 1.29 is 0 Å². The van der Waals surface area contributed by atoms with Crippen molar-refractivity contribution >= 4 is 11.6 Å². The second kappa shape index (κ2) is 4.88. The highest BCUT2D eigenvalue weighted by atomic mass is 35.5. The fourth-order valence-electron chi connectivity index (χ4n) is 1.62. The minimum Gasteiger partial charge on any atom is -0.101 e. The van der Waals surface area contributed by atoms with Crippen LogP contribution in [0, 0.1) is 11.8 Å². The smallest absolute Gasteiger partial charge is 0.0413 e. The van der Waals surface area contributed by atoms with Gasteiger partial charge in [0.05, 0.1) is 0 Å². The van der Waals surface area contributed by atoms with Gasteiger partial charge < -0.3 is 0 Å². The van der Waals surface area contributed by atoms with E-state index < -0.39 is 0 Å². The number of rotatable bonds is 1. The maximum atomic E-state index is 6.02. The van der Waals surface area contributed by atoms with E-state index in [4.69, 9.17) is 11.6 Å². The molecule has 0 N–H and O–H groups in total. The average molecular weight is 227 g/mol. The second-order valence-corrected chi connectivity index (χ2v) is 3.87. The molecule has 0 aliphatic carbocycles. The van der Waals surface area contributed by atoms with E-state index in [2.05, 4.69) is 24.0 Å². The van der Waals surface area contributed by atoms with Crippen LogP contribution < -0.4 is 0 Å². The molecule has 0 amide bonds. The Labute approximate surface area is 101 Å². The van der Waals surface area contributed by atoms with Gasteiger partial charge in [-0.3, -0.25) is 0 Å². The van der Waals surface area contributed by atoms with Crippen LogP contribution in [0.15, 0.2) is 48.5 Å². The molecule has 2 rings (SSSR count). The predicted octanol–water partition coefficient (Wildman–Crippen LogP) is 4.38. The van der Waals surface area contributed by atoms with Gasteiger partial charge >= 0.3 is 0 Å². The summed E-state index contributed by atoms with van der Waals surface area (Å²) in [7, 11) is 0. The van der Waals surface area contributed by atoms with Crippen LogP contribution in [0.4, 0.5) is 0 Å². The average Bonchev–Trinajstić information content (AvgIpc) is 2.33. The molecule has 0 radical (unpaired) electrons. The van der Waals surface area contributed by atoms with Gasteiger partial charge in [-0.1, -0.05) is 47.9 Å². The standard InChI is InChI=1S/C15H11Cl/c1-2-6-12-9-10-14(16)11-15(12)13-7-4-3-5-8-13/h3-5,7-11H,1H3. The third kappa shape index (κ3) is 2.27. The molecule has 1 heteroatoms. The Morgan fingerprint density at radius 1 is 1.00 bits per heavy atom. The molecule has 16 heavy (non-hydrogen) atoms. The van der Waals surface area contributed by atoms with Crippen molar-refractivity contribution in [2.45, 2.75) is 6.92 Å². The first-order chi connectivity index (χ1) is 7.81. The molecule has 0 aliphatic heterocycles. The van der Waals surface area contributed by atoms with Crippen molar-refractivity contribution in [3.05, 3.63) is 59.1 Å². The Balaban J connectivity index is 2.61. The van der Waals surface area contributed by atoms with E-state index >= 15 is 0 Å². The third-order valence-electron chi connectivity index (χ3n) is 2.33. The van der Waals surface area contributed by atoms with Crippen molar-refractivity contribution in [1.82, 2.24) is 0 Å².